The number of alkyl carbamates (subject to hydrolysis) is 1. The van der Waals surface area contributed by atoms with E-state index >= 15 is 0 Å². The van der Waals surface area contributed by atoms with E-state index in [2.05, 4.69) is 5.32 Å². The molecule has 0 bridgehead atoms. The van der Waals surface area contributed by atoms with Gasteiger partial charge in [-0.25, -0.2) is 9.18 Å². The largest absolute Gasteiger partial charge is 0.488 e. The first-order valence-corrected chi connectivity index (χ1v) is 7.74. The highest BCUT2D eigenvalue weighted by Gasteiger charge is 2.16. The van der Waals surface area contributed by atoms with Crippen molar-refractivity contribution < 1.29 is 23.8 Å². The van der Waals surface area contributed by atoms with Crippen molar-refractivity contribution in [1.82, 2.24) is 5.32 Å². The van der Waals surface area contributed by atoms with E-state index in [9.17, 15) is 9.18 Å². The van der Waals surface area contributed by atoms with E-state index in [-0.39, 0.29) is 12.4 Å². The molecule has 1 rings (SSSR count). The maximum Gasteiger partial charge on any atom is 0.407 e. The number of halogens is 1. The Morgan fingerprint density at radius 3 is 2.70 bits per heavy atom. The fourth-order valence-corrected chi connectivity index (χ4v) is 1.92. The minimum Gasteiger partial charge on any atom is -0.488 e. The van der Waals surface area contributed by atoms with E-state index in [0.717, 1.165) is 0 Å². The van der Waals surface area contributed by atoms with Crippen molar-refractivity contribution in [2.45, 2.75) is 52.2 Å². The van der Waals surface area contributed by atoms with Crippen molar-refractivity contribution >= 4 is 6.09 Å². The van der Waals surface area contributed by atoms with Gasteiger partial charge in [0.25, 0.3) is 0 Å². The number of carbonyl (C=O) groups excluding carboxylic acids is 1. The highest BCUT2D eigenvalue weighted by atomic mass is 19.1. The summed E-state index contributed by atoms with van der Waals surface area (Å²) in [4.78, 5) is 11.5. The fourth-order valence-electron chi connectivity index (χ4n) is 1.92. The number of aliphatic hydroxyl groups excluding tert-OH is 1. The van der Waals surface area contributed by atoms with E-state index in [0.29, 0.717) is 30.7 Å². The normalized spacial score (nSPS) is 12.6. The van der Waals surface area contributed by atoms with Crippen LogP contribution in [0.4, 0.5) is 9.18 Å². The molecule has 0 radical (unpaired) electrons. The maximum absolute atomic E-state index is 14.0. The Labute approximate surface area is 136 Å². The zero-order chi connectivity index (χ0) is 17.5. The topological polar surface area (TPSA) is 67.8 Å². The van der Waals surface area contributed by atoms with E-state index in [1.807, 2.05) is 0 Å². The molecular weight excluding hydrogens is 301 g/mol. The molecule has 0 aliphatic carbocycles. The molecule has 1 atom stereocenters. The second-order valence-electron chi connectivity index (χ2n) is 6.36. The molecule has 0 unspecified atom stereocenters. The Morgan fingerprint density at radius 2 is 2.09 bits per heavy atom. The summed E-state index contributed by atoms with van der Waals surface area (Å²) in [7, 11) is 0. The van der Waals surface area contributed by atoms with E-state index in [1.54, 1.807) is 39.8 Å². The van der Waals surface area contributed by atoms with Gasteiger partial charge in [-0.2, -0.15) is 0 Å². The van der Waals surface area contributed by atoms with Crippen molar-refractivity contribution in [3.05, 3.63) is 29.6 Å². The second kappa shape index (κ2) is 8.72. The number of amides is 1. The van der Waals surface area contributed by atoms with Gasteiger partial charge in [0.1, 0.15) is 23.3 Å². The molecule has 0 fully saturated rings. The van der Waals surface area contributed by atoms with Crippen LogP contribution in [0.2, 0.25) is 0 Å². The van der Waals surface area contributed by atoms with Gasteiger partial charge in [0.2, 0.25) is 0 Å². The predicted octanol–water partition coefficient (Wildman–Crippen LogP) is 3.04. The lowest BCUT2D eigenvalue weighted by Gasteiger charge is -2.20. The van der Waals surface area contributed by atoms with Crippen LogP contribution in [0.25, 0.3) is 0 Å². The third-order valence-electron chi connectivity index (χ3n) is 2.93. The third kappa shape index (κ3) is 7.32. The first kappa shape index (κ1) is 19.2. The molecular formula is C17H26FNO4. The van der Waals surface area contributed by atoms with Gasteiger partial charge >= 0.3 is 6.09 Å². The number of nitrogens with one attached hydrogen (secondary N) is 1. The summed E-state index contributed by atoms with van der Waals surface area (Å²) in [6.45, 7) is 7.31. The molecule has 130 valence electrons. The molecule has 1 aromatic rings. The lowest BCUT2D eigenvalue weighted by atomic mass is 10.1. The van der Waals surface area contributed by atoms with Crippen LogP contribution >= 0.6 is 0 Å². The first-order valence-electron chi connectivity index (χ1n) is 7.74. The molecule has 1 aromatic carbocycles. The predicted molar refractivity (Wildman–Crippen MR) is 86.1 cm³/mol. The molecule has 5 nitrogen and oxygen atoms in total. The molecule has 0 saturated carbocycles. The molecule has 23 heavy (non-hydrogen) atoms. The summed E-state index contributed by atoms with van der Waals surface area (Å²) in [6, 6.07) is 4.61. The van der Waals surface area contributed by atoms with E-state index < -0.39 is 17.8 Å². The zero-order valence-corrected chi connectivity index (χ0v) is 14.2. The van der Waals surface area contributed by atoms with E-state index in [1.165, 1.54) is 6.07 Å². The SMILES string of the molecule is C[C@@H](CO)Oc1cccc(F)c1CCCNC(=O)OC(C)(C)C. The molecule has 0 aliphatic heterocycles. The van der Waals surface area contributed by atoms with Gasteiger partial charge in [-0.1, -0.05) is 6.07 Å². The third-order valence-corrected chi connectivity index (χ3v) is 2.93. The van der Waals surface area contributed by atoms with Gasteiger partial charge < -0.3 is 19.9 Å². The molecule has 0 saturated heterocycles. The highest BCUT2D eigenvalue weighted by Crippen LogP contribution is 2.24. The Bertz CT molecular complexity index is 514. The second-order valence-corrected chi connectivity index (χ2v) is 6.36. The summed E-state index contributed by atoms with van der Waals surface area (Å²) < 4.78 is 24.6. The van der Waals surface area contributed by atoms with Crippen molar-refractivity contribution in [1.29, 1.82) is 0 Å². The maximum atomic E-state index is 14.0. The minimum absolute atomic E-state index is 0.143. The number of benzene rings is 1. The van der Waals surface area contributed by atoms with Crippen LogP contribution in [0, 0.1) is 5.82 Å². The average Bonchev–Trinajstić information content (AvgIpc) is 2.43. The quantitative estimate of drug-likeness (QED) is 0.755. The van der Waals surface area contributed by atoms with Crippen LogP contribution in [0.3, 0.4) is 0 Å². The van der Waals surface area contributed by atoms with Crippen LogP contribution in [-0.4, -0.2) is 36.1 Å². The lowest BCUT2D eigenvalue weighted by molar-refractivity contribution is 0.0527. The van der Waals surface area contributed by atoms with Crippen LogP contribution in [-0.2, 0) is 11.2 Å². The van der Waals surface area contributed by atoms with Gasteiger partial charge in [0, 0.05) is 12.1 Å². The van der Waals surface area contributed by atoms with Crippen LogP contribution in [0.1, 0.15) is 39.7 Å². The van der Waals surface area contributed by atoms with Gasteiger partial charge in [-0.3, -0.25) is 0 Å². The molecule has 0 aliphatic rings. The summed E-state index contributed by atoms with van der Waals surface area (Å²) in [5.74, 6) is 0.0636. The van der Waals surface area contributed by atoms with Crippen LogP contribution in [0.15, 0.2) is 18.2 Å². The van der Waals surface area contributed by atoms with Crippen molar-refractivity contribution in [2.75, 3.05) is 13.2 Å². The summed E-state index contributed by atoms with van der Waals surface area (Å²) in [5, 5.41) is 11.7. The molecule has 0 heterocycles. The average molecular weight is 327 g/mol. The monoisotopic (exact) mass is 327 g/mol. The van der Waals surface area contributed by atoms with Gasteiger partial charge in [0.15, 0.2) is 0 Å². The molecule has 0 aromatic heterocycles. The molecule has 0 spiro atoms. The number of ether oxygens (including phenoxy) is 2. The number of aliphatic hydroxyl groups is 1. The Kier molecular flexibility index (Phi) is 7.29. The minimum atomic E-state index is -0.545. The van der Waals surface area contributed by atoms with Crippen LogP contribution in [0.5, 0.6) is 5.75 Å². The number of hydrogen-bond acceptors (Lipinski definition) is 4. The smallest absolute Gasteiger partial charge is 0.407 e. The zero-order valence-electron chi connectivity index (χ0n) is 14.2. The van der Waals surface area contributed by atoms with Crippen molar-refractivity contribution in [3.63, 3.8) is 0 Å². The number of hydrogen-bond donors (Lipinski definition) is 2. The van der Waals surface area contributed by atoms with Gasteiger partial charge in [-0.05, 0) is 52.7 Å². The van der Waals surface area contributed by atoms with Crippen LogP contribution < -0.4 is 10.1 Å². The number of rotatable bonds is 7. The summed E-state index contributed by atoms with van der Waals surface area (Å²) in [5.41, 5.74) is -0.101. The lowest BCUT2D eigenvalue weighted by Crippen LogP contribution is -2.33. The summed E-state index contributed by atoms with van der Waals surface area (Å²) in [6.07, 6.45) is 0.0619. The van der Waals surface area contributed by atoms with Gasteiger partial charge in [0.05, 0.1) is 6.61 Å². The van der Waals surface area contributed by atoms with Crippen molar-refractivity contribution in [3.8, 4) is 5.75 Å². The standard InChI is InChI=1S/C17H26FNO4/c1-12(11-20)22-15-9-5-8-14(18)13(15)7-6-10-19-16(21)23-17(2,3)4/h5,8-9,12,20H,6-7,10-11H2,1-4H3,(H,19,21)/t12-/m0/s1. The Morgan fingerprint density at radius 1 is 1.39 bits per heavy atom. The molecule has 1 amide bonds. The first-order chi connectivity index (χ1) is 10.7. The fraction of sp³-hybridized carbons (Fsp3) is 0.588. The number of carbonyl (C=O) groups is 1. The summed E-state index contributed by atoms with van der Waals surface area (Å²) >= 11 is 0. The van der Waals surface area contributed by atoms with E-state index in [4.69, 9.17) is 14.6 Å². The highest BCUT2D eigenvalue weighted by molar-refractivity contribution is 5.67. The Balaban J connectivity index is 2.53. The van der Waals surface area contributed by atoms with Gasteiger partial charge in [-0.15, -0.1) is 0 Å². The molecule has 2 N–H and O–H groups in total. The van der Waals surface area contributed by atoms with Crippen molar-refractivity contribution in [2.24, 2.45) is 0 Å². The Hall–Kier alpha value is -1.82. The molecule has 6 heteroatoms.